The summed E-state index contributed by atoms with van der Waals surface area (Å²) in [7, 11) is 3.99. The van der Waals surface area contributed by atoms with Crippen LogP contribution in [0.3, 0.4) is 0 Å². The van der Waals surface area contributed by atoms with Crippen LogP contribution in [0.5, 0.6) is 0 Å². The van der Waals surface area contributed by atoms with Crippen molar-refractivity contribution in [3.05, 3.63) is 6.20 Å². The van der Waals surface area contributed by atoms with E-state index < -0.39 is 0 Å². The number of rotatable bonds is 4. The quantitative estimate of drug-likeness (QED) is 0.450. The van der Waals surface area contributed by atoms with Crippen LogP contribution in [0.1, 0.15) is 0 Å². The number of nitrogens with two attached hydrogens (primary N) is 1. The first kappa shape index (κ1) is 8.95. The average Bonchev–Trinajstić information content (AvgIpc) is 2.51. The smallest absolute Gasteiger partial charge is 0.184 e. The molecule has 0 radical (unpaired) electrons. The number of anilines is 1. The van der Waals surface area contributed by atoms with Crippen LogP contribution in [0, 0.1) is 0 Å². The molecule has 1 rings (SSSR count). The third-order valence-electron chi connectivity index (χ3n) is 1.48. The van der Waals surface area contributed by atoms with E-state index >= 15 is 0 Å². The van der Waals surface area contributed by atoms with Crippen molar-refractivity contribution in [2.75, 3.05) is 32.2 Å². The van der Waals surface area contributed by atoms with Crippen LogP contribution in [0.15, 0.2) is 6.20 Å². The molecule has 1 aromatic heterocycles. The number of H-pyrrole nitrogens is 1. The summed E-state index contributed by atoms with van der Waals surface area (Å²) in [5, 5.41) is 11.6. The molecule has 0 fully saturated rings. The van der Waals surface area contributed by atoms with Gasteiger partial charge in [-0.15, -0.1) is 5.10 Å². The van der Waals surface area contributed by atoms with Crippen LogP contribution in [-0.4, -0.2) is 47.5 Å². The van der Waals surface area contributed by atoms with E-state index in [9.17, 15) is 0 Å². The molecule has 0 saturated carbocycles. The molecule has 0 amide bonds. The lowest BCUT2D eigenvalue weighted by molar-refractivity contribution is 0.413. The SMILES string of the molecule is CN(C)CCN(N)c1cn[nH]n1. The standard InChI is InChI=1S/C6H14N6/c1-11(2)3-4-12(7)6-5-8-10-9-6/h5H,3-4,7H2,1-2H3,(H,8,9,10). The molecule has 0 aromatic carbocycles. The lowest BCUT2D eigenvalue weighted by Gasteiger charge is -2.17. The van der Waals surface area contributed by atoms with Crippen LogP contribution < -0.4 is 10.9 Å². The summed E-state index contributed by atoms with van der Waals surface area (Å²) in [5.74, 6) is 6.34. The fraction of sp³-hybridized carbons (Fsp3) is 0.667. The number of likely N-dealkylation sites (N-methyl/N-ethyl adjacent to an activating group) is 1. The molecule has 0 aliphatic rings. The Labute approximate surface area is 71.3 Å². The van der Waals surface area contributed by atoms with Crippen molar-refractivity contribution in [1.29, 1.82) is 0 Å². The third kappa shape index (κ3) is 2.48. The normalized spacial score (nSPS) is 10.7. The Kier molecular flexibility index (Phi) is 3.01. The van der Waals surface area contributed by atoms with E-state index in [1.54, 1.807) is 11.2 Å². The molecule has 1 heterocycles. The molecule has 0 aliphatic carbocycles. The van der Waals surface area contributed by atoms with Crippen LogP contribution in [0.2, 0.25) is 0 Å². The molecule has 1 aromatic rings. The highest BCUT2D eigenvalue weighted by Gasteiger charge is 2.03. The largest absolute Gasteiger partial charge is 0.308 e. The van der Waals surface area contributed by atoms with Gasteiger partial charge in [0.2, 0.25) is 0 Å². The maximum absolute atomic E-state index is 5.67. The van der Waals surface area contributed by atoms with Crippen LogP contribution >= 0.6 is 0 Å². The predicted molar refractivity (Wildman–Crippen MR) is 46.5 cm³/mol. The molecule has 0 bridgehead atoms. The zero-order chi connectivity index (χ0) is 8.97. The molecule has 0 saturated heterocycles. The Balaban J connectivity index is 2.34. The third-order valence-corrected chi connectivity index (χ3v) is 1.48. The number of nitrogens with one attached hydrogen (secondary N) is 1. The van der Waals surface area contributed by atoms with Crippen molar-refractivity contribution in [2.24, 2.45) is 5.84 Å². The number of nitrogens with zero attached hydrogens (tertiary/aromatic N) is 4. The van der Waals surface area contributed by atoms with Crippen molar-refractivity contribution < 1.29 is 0 Å². The highest BCUT2D eigenvalue weighted by Crippen LogP contribution is 2.00. The molecule has 0 unspecified atom stereocenters. The highest BCUT2D eigenvalue weighted by molar-refractivity contribution is 5.30. The van der Waals surface area contributed by atoms with Gasteiger partial charge >= 0.3 is 0 Å². The fourth-order valence-corrected chi connectivity index (χ4v) is 0.756. The minimum Gasteiger partial charge on any atom is -0.308 e. The molecule has 12 heavy (non-hydrogen) atoms. The van der Waals surface area contributed by atoms with Crippen LogP contribution in [0.25, 0.3) is 0 Å². The maximum atomic E-state index is 5.67. The van der Waals surface area contributed by atoms with Gasteiger partial charge in [0.1, 0.15) is 0 Å². The molecule has 0 atom stereocenters. The van der Waals surface area contributed by atoms with Gasteiger partial charge in [0, 0.05) is 13.1 Å². The van der Waals surface area contributed by atoms with Crippen LogP contribution in [-0.2, 0) is 0 Å². The topological polar surface area (TPSA) is 74.1 Å². The van der Waals surface area contributed by atoms with Gasteiger partial charge in [0.15, 0.2) is 5.82 Å². The fourth-order valence-electron chi connectivity index (χ4n) is 0.756. The molecule has 6 heteroatoms. The van der Waals surface area contributed by atoms with E-state index in [-0.39, 0.29) is 0 Å². The monoisotopic (exact) mass is 170 g/mol. The van der Waals surface area contributed by atoms with Crippen molar-refractivity contribution in [3.8, 4) is 0 Å². The summed E-state index contributed by atoms with van der Waals surface area (Å²) in [6, 6.07) is 0. The zero-order valence-electron chi connectivity index (χ0n) is 7.36. The Bertz CT molecular complexity index is 206. The lowest BCUT2D eigenvalue weighted by atomic mass is 10.5. The minimum absolute atomic E-state index is 0.664. The van der Waals surface area contributed by atoms with Crippen molar-refractivity contribution in [2.45, 2.75) is 0 Å². The summed E-state index contributed by atoms with van der Waals surface area (Å²) in [4.78, 5) is 2.06. The number of hydrogen-bond acceptors (Lipinski definition) is 5. The summed E-state index contributed by atoms with van der Waals surface area (Å²) in [6.45, 7) is 1.63. The molecular formula is C6H14N6. The number of aromatic nitrogens is 3. The number of hydrazine groups is 1. The van der Waals surface area contributed by atoms with Crippen molar-refractivity contribution in [3.63, 3.8) is 0 Å². The Morgan fingerprint density at radius 1 is 1.50 bits per heavy atom. The molecular weight excluding hydrogens is 156 g/mol. The van der Waals surface area contributed by atoms with E-state index in [2.05, 4.69) is 20.3 Å². The Morgan fingerprint density at radius 2 is 2.25 bits per heavy atom. The predicted octanol–water partition coefficient (Wildman–Crippen LogP) is -0.954. The van der Waals surface area contributed by atoms with Gasteiger partial charge in [-0.1, -0.05) is 0 Å². The molecule has 0 spiro atoms. The maximum Gasteiger partial charge on any atom is 0.184 e. The van der Waals surface area contributed by atoms with Gasteiger partial charge in [-0.3, -0.25) is 5.01 Å². The zero-order valence-corrected chi connectivity index (χ0v) is 7.36. The van der Waals surface area contributed by atoms with E-state index in [0.717, 1.165) is 13.1 Å². The summed E-state index contributed by atoms with van der Waals surface area (Å²) < 4.78 is 0. The van der Waals surface area contributed by atoms with E-state index in [1.165, 1.54) is 0 Å². The second-order valence-corrected chi connectivity index (χ2v) is 2.82. The van der Waals surface area contributed by atoms with Crippen LogP contribution in [0.4, 0.5) is 5.82 Å². The van der Waals surface area contributed by atoms with Crippen molar-refractivity contribution >= 4 is 5.82 Å². The van der Waals surface area contributed by atoms with Crippen molar-refractivity contribution in [1.82, 2.24) is 20.3 Å². The van der Waals surface area contributed by atoms with E-state index in [1.807, 2.05) is 14.1 Å². The van der Waals surface area contributed by atoms with E-state index in [0.29, 0.717) is 5.82 Å². The van der Waals surface area contributed by atoms with Gasteiger partial charge in [-0.25, -0.2) is 5.84 Å². The minimum atomic E-state index is 0.664. The highest BCUT2D eigenvalue weighted by atomic mass is 15.5. The molecule has 6 nitrogen and oxygen atoms in total. The summed E-state index contributed by atoms with van der Waals surface area (Å²) in [5.41, 5.74) is 0. The van der Waals surface area contributed by atoms with Gasteiger partial charge < -0.3 is 4.90 Å². The van der Waals surface area contributed by atoms with Gasteiger partial charge in [-0.2, -0.15) is 10.3 Å². The second kappa shape index (κ2) is 4.03. The Hall–Kier alpha value is -1.14. The summed E-state index contributed by atoms with van der Waals surface area (Å²) in [6.07, 6.45) is 1.59. The van der Waals surface area contributed by atoms with E-state index in [4.69, 9.17) is 5.84 Å². The van der Waals surface area contributed by atoms with Gasteiger partial charge in [0.25, 0.3) is 0 Å². The first-order valence-corrected chi connectivity index (χ1v) is 3.73. The van der Waals surface area contributed by atoms with Gasteiger partial charge in [-0.05, 0) is 14.1 Å². The Morgan fingerprint density at radius 3 is 2.75 bits per heavy atom. The van der Waals surface area contributed by atoms with Gasteiger partial charge in [0.05, 0.1) is 6.20 Å². The lowest BCUT2D eigenvalue weighted by Crippen LogP contribution is -2.37. The number of aromatic amines is 1. The molecule has 3 N–H and O–H groups in total. The second-order valence-electron chi connectivity index (χ2n) is 2.82. The number of hydrogen-bond donors (Lipinski definition) is 2. The summed E-state index contributed by atoms with van der Waals surface area (Å²) >= 11 is 0. The first-order valence-electron chi connectivity index (χ1n) is 3.73. The average molecular weight is 170 g/mol. The molecule has 68 valence electrons. The first-order chi connectivity index (χ1) is 5.70. The molecule has 0 aliphatic heterocycles.